The topological polar surface area (TPSA) is 103 Å². The van der Waals surface area contributed by atoms with Crippen LogP contribution in [0.15, 0.2) is 65.6 Å². The van der Waals surface area contributed by atoms with Crippen molar-refractivity contribution in [3.8, 4) is 17.2 Å². The molecule has 168 valence electrons. The Morgan fingerprint density at radius 2 is 1.50 bits per heavy atom. The highest BCUT2D eigenvalue weighted by Crippen LogP contribution is 2.33. The number of carbonyl (C=O) groups excluding carboxylic acids is 1. The predicted molar refractivity (Wildman–Crippen MR) is 123 cm³/mol. The fourth-order valence-corrected chi connectivity index (χ4v) is 4.06. The molecule has 0 atom stereocenters. The van der Waals surface area contributed by atoms with Crippen LogP contribution in [0.2, 0.25) is 5.02 Å². The summed E-state index contributed by atoms with van der Waals surface area (Å²) in [5.41, 5.74) is 0.777. The van der Waals surface area contributed by atoms with Crippen molar-refractivity contribution in [2.75, 3.05) is 31.4 Å². The number of nitrogens with one attached hydrogen (secondary N) is 2. The van der Waals surface area contributed by atoms with Gasteiger partial charge in [-0.3, -0.25) is 9.52 Å². The quantitative estimate of drug-likeness (QED) is 0.499. The van der Waals surface area contributed by atoms with E-state index in [4.69, 9.17) is 25.8 Å². The summed E-state index contributed by atoms with van der Waals surface area (Å²) >= 11 is 5.86. The zero-order chi connectivity index (χ0) is 23.3. The Morgan fingerprint density at radius 3 is 2.12 bits per heavy atom. The van der Waals surface area contributed by atoms with Crippen molar-refractivity contribution in [2.45, 2.75) is 4.90 Å². The standard InChI is InChI=1S/C22H21ClN2O6S/c1-29-16-8-10-18(21(12-16)31-3)25-32(27,28)17-9-11-20(30-2)19(13-17)24-22(26)14-4-6-15(23)7-5-14/h4-13,25H,1-3H3,(H,24,26). The predicted octanol–water partition coefficient (Wildman–Crippen LogP) is 4.42. The summed E-state index contributed by atoms with van der Waals surface area (Å²) in [6.07, 6.45) is 0. The first-order valence-electron chi connectivity index (χ1n) is 9.27. The second-order valence-corrected chi connectivity index (χ2v) is 8.61. The van der Waals surface area contributed by atoms with E-state index < -0.39 is 15.9 Å². The molecule has 0 aromatic heterocycles. The lowest BCUT2D eigenvalue weighted by Crippen LogP contribution is -2.16. The number of halogens is 1. The van der Waals surface area contributed by atoms with Crippen LogP contribution in [0.1, 0.15) is 10.4 Å². The average Bonchev–Trinajstić information content (AvgIpc) is 2.79. The first-order valence-corrected chi connectivity index (χ1v) is 11.1. The highest BCUT2D eigenvalue weighted by molar-refractivity contribution is 7.92. The molecular weight excluding hydrogens is 456 g/mol. The number of methoxy groups -OCH3 is 3. The molecule has 0 heterocycles. The molecule has 3 aromatic carbocycles. The van der Waals surface area contributed by atoms with E-state index >= 15 is 0 Å². The zero-order valence-corrected chi connectivity index (χ0v) is 19.1. The van der Waals surface area contributed by atoms with Crippen molar-refractivity contribution in [3.63, 3.8) is 0 Å². The summed E-state index contributed by atoms with van der Waals surface area (Å²) < 4.78 is 44.1. The summed E-state index contributed by atoms with van der Waals surface area (Å²) in [6.45, 7) is 0. The monoisotopic (exact) mass is 476 g/mol. The molecule has 10 heteroatoms. The maximum absolute atomic E-state index is 13.0. The Bertz CT molecular complexity index is 1230. The van der Waals surface area contributed by atoms with Gasteiger partial charge < -0.3 is 19.5 Å². The van der Waals surface area contributed by atoms with Gasteiger partial charge in [0.1, 0.15) is 17.2 Å². The summed E-state index contributed by atoms with van der Waals surface area (Å²) in [4.78, 5) is 12.5. The third-order valence-electron chi connectivity index (χ3n) is 4.49. The average molecular weight is 477 g/mol. The first kappa shape index (κ1) is 23.2. The number of hydrogen-bond acceptors (Lipinski definition) is 6. The van der Waals surface area contributed by atoms with Gasteiger partial charge in [-0.1, -0.05) is 11.6 Å². The van der Waals surface area contributed by atoms with Gasteiger partial charge in [-0.15, -0.1) is 0 Å². The van der Waals surface area contributed by atoms with Gasteiger partial charge in [-0.25, -0.2) is 8.42 Å². The van der Waals surface area contributed by atoms with Crippen LogP contribution in [0, 0.1) is 0 Å². The molecule has 3 aromatic rings. The molecule has 32 heavy (non-hydrogen) atoms. The molecule has 0 aliphatic carbocycles. The smallest absolute Gasteiger partial charge is 0.262 e. The maximum Gasteiger partial charge on any atom is 0.262 e. The van der Waals surface area contributed by atoms with E-state index in [0.717, 1.165) is 0 Å². The van der Waals surface area contributed by atoms with Crippen LogP contribution < -0.4 is 24.2 Å². The van der Waals surface area contributed by atoms with Gasteiger partial charge in [0.25, 0.3) is 15.9 Å². The number of rotatable bonds is 8. The maximum atomic E-state index is 13.0. The molecular formula is C22H21ClN2O6S. The molecule has 0 fully saturated rings. The van der Waals surface area contributed by atoms with E-state index in [2.05, 4.69) is 10.0 Å². The SMILES string of the molecule is COc1ccc(NS(=O)(=O)c2ccc(OC)c(NC(=O)c3ccc(Cl)cc3)c2)c(OC)c1. The third-order valence-corrected chi connectivity index (χ3v) is 6.10. The Labute approximate surface area is 191 Å². The van der Waals surface area contributed by atoms with Crippen LogP contribution in [0.5, 0.6) is 17.2 Å². The molecule has 1 amide bonds. The van der Waals surface area contributed by atoms with E-state index in [1.807, 2.05) is 0 Å². The normalized spacial score (nSPS) is 10.9. The molecule has 3 rings (SSSR count). The van der Waals surface area contributed by atoms with Crippen LogP contribution in [0.3, 0.4) is 0 Å². The second-order valence-electron chi connectivity index (χ2n) is 6.49. The van der Waals surface area contributed by atoms with Crippen LogP contribution in [0.25, 0.3) is 0 Å². The minimum absolute atomic E-state index is 0.0809. The van der Waals surface area contributed by atoms with Crippen molar-refractivity contribution in [2.24, 2.45) is 0 Å². The van der Waals surface area contributed by atoms with Crippen molar-refractivity contribution < 1.29 is 27.4 Å². The lowest BCUT2D eigenvalue weighted by molar-refractivity contribution is 0.102. The van der Waals surface area contributed by atoms with Gasteiger partial charge in [0.2, 0.25) is 0 Å². The molecule has 0 unspecified atom stereocenters. The molecule has 2 N–H and O–H groups in total. The van der Waals surface area contributed by atoms with Crippen molar-refractivity contribution >= 4 is 38.9 Å². The van der Waals surface area contributed by atoms with Gasteiger partial charge in [0, 0.05) is 16.7 Å². The number of anilines is 2. The van der Waals surface area contributed by atoms with Gasteiger partial charge in [-0.2, -0.15) is 0 Å². The van der Waals surface area contributed by atoms with E-state index in [1.165, 1.54) is 45.6 Å². The number of hydrogen-bond donors (Lipinski definition) is 2. The van der Waals surface area contributed by atoms with Crippen LogP contribution in [0.4, 0.5) is 11.4 Å². The van der Waals surface area contributed by atoms with E-state index in [9.17, 15) is 13.2 Å². The fraction of sp³-hybridized carbons (Fsp3) is 0.136. The molecule has 0 aliphatic heterocycles. The molecule has 8 nitrogen and oxygen atoms in total. The second kappa shape index (κ2) is 9.80. The number of ether oxygens (including phenoxy) is 3. The number of carbonyl (C=O) groups is 1. The van der Waals surface area contributed by atoms with Crippen LogP contribution in [-0.2, 0) is 10.0 Å². The Kier molecular flexibility index (Phi) is 7.12. The van der Waals surface area contributed by atoms with Gasteiger partial charge >= 0.3 is 0 Å². The number of amides is 1. The molecule has 0 radical (unpaired) electrons. The number of sulfonamides is 1. The lowest BCUT2D eigenvalue weighted by Gasteiger charge is -2.15. The summed E-state index contributed by atoms with van der Waals surface area (Å²) in [5.74, 6) is 0.659. The van der Waals surface area contributed by atoms with Crippen LogP contribution >= 0.6 is 11.6 Å². The Morgan fingerprint density at radius 1 is 0.812 bits per heavy atom. The minimum atomic E-state index is -4.01. The molecule has 0 bridgehead atoms. The zero-order valence-electron chi connectivity index (χ0n) is 17.5. The Hall–Kier alpha value is -3.43. The lowest BCUT2D eigenvalue weighted by atomic mass is 10.2. The molecule has 0 saturated carbocycles. The minimum Gasteiger partial charge on any atom is -0.497 e. The van der Waals surface area contributed by atoms with Crippen molar-refractivity contribution in [3.05, 3.63) is 71.2 Å². The summed E-state index contributed by atoms with van der Waals surface area (Å²) in [7, 11) is 0.321. The Balaban J connectivity index is 1.91. The van der Waals surface area contributed by atoms with Crippen molar-refractivity contribution in [1.29, 1.82) is 0 Å². The first-order chi connectivity index (χ1) is 15.3. The number of benzene rings is 3. The highest BCUT2D eigenvalue weighted by atomic mass is 35.5. The van der Waals surface area contributed by atoms with Gasteiger partial charge in [0.05, 0.1) is 37.6 Å². The fourth-order valence-electron chi connectivity index (χ4n) is 2.83. The van der Waals surface area contributed by atoms with E-state index in [-0.39, 0.29) is 22.0 Å². The van der Waals surface area contributed by atoms with E-state index in [1.54, 1.807) is 36.4 Å². The van der Waals surface area contributed by atoms with Gasteiger partial charge in [-0.05, 0) is 54.6 Å². The van der Waals surface area contributed by atoms with Crippen molar-refractivity contribution in [1.82, 2.24) is 0 Å². The van der Waals surface area contributed by atoms with Gasteiger partial charge in [0.15, 0.2) is 0 Å². The molecule has 0 saturated heterocycles. The highest BCUT2D eigenvalue weighted by Gasteiger charge is 2.20. The largest absolute Gasteiger partial charge is 0.497 e. The molecule has 0 spiro atoms. The third kappa shape index (κ3) is 5.24. The van der Waals surface area contributed by atoms with E-state index in [0.29, 0.717) is 22.1 Å². The summed E-state index contributed by atoms with van der Waals surface area (Å²) in [5, 5.41) is 3.16. The van der Waals surface area contributed by atoms with Crippen LogP contribution in [-0.4, -0.2) is 35.7 Å². The molecule has 0 aliphatic rings. The summed E-state index contributed by atoms with van der Waals surface area (Å²) in [6, 6.07) is 15.1.